The monoisotopic (exact) mass is 233 g/mol. The highest BCUT2D eigenvalue weighted by molar-refractivity contribution is 5.96. The first-order valence-corrected chi connectivity index (χ1v) is 5.52. The Bertz CT molecular complexity index is 419. The van der Waals surface area contributed by atoms with Crippen molar-refractivity contribution in [2.75, 3.05) is 11.9 Å². The number of hydrogen-bond acceptors (Lipinski definition) is 3. The number of hydrogen-bond donors (Lipinski definition) is 1. The lowest BCUT2D eigenvalue weighted by Gasteiger charge is -2.25. The second-order valence-electron chi connectivity index (χ2n) is 3.97. The summed E-state index contributed by atoms with van der Waals surface area (Å²) in [5, 5.41) is 13.5. The fourth-order valence-corrected chi connectivity index (χ4v) is 2.00. The van der Waals surface area contributed by atoms with E-state index in [0.29, 0.717) is 25.1 Å². The van der Waals surface area contributed by atoms with Crippen molar-refractivity contribution < 1.29 is 14.7 Å². The van der Waals surface area contributed by atoms with Crippen LogP contribution in [0, 0.1) is 0 Å². The number of rotatable bonds is 2. The first-order valence-electron chi connectivity index (χ1n) is 5.52. The van der Waals surface area contributed by atoms with Gasteiger partial charge in [0.15, 0.2) is 0 Å². The van der Waals surface area contributed by atoms with Crippen molar-refractivity contribution in [1.29, 1.82) is 0 Å². The molecule has 1 unspecified atom stereocenters. The molecule has 2 rings (SSSR count). The van der Waals surface area contributed by atoms with Gasteiger partial charge in [-0.25, -0.2) is 0 Å². The summed E-state index contributed by atoms with van der Waals surface area (Å²) in [6, 6.07) is 8.35. The number of benzene rings is 1. The normalized spacial score (nSPS) is 19.1. The Kier molecular flexibility index (Phi) is 3.27. The van der Waals surface area contributed by atoms with Gasteiger partial charge < -0.3 is 20.1 Å². The van der Waals surface area contributed by atoms with Crippen molar-refractivity contribution in [3.63, 3.8) is 0 Å². The molecule has 1 saturated heterocycles. The van der Waals surface area contributed by atoms with Crippen LogP contribution in [0.15, 0.2) is 30.3 Å². The minimum atomic E-state index is -1.28. The Morgan fingerprint density at radius 3 is 2.65 bits per heavy atom. The molecule has 1 aromatic carbocycles. The van der Waals surface area contributed by atoms with Gasteiger partial charge in [-0.3, -0.25) is 4.79 Å². The van der Waals surface area contributed by atoms with Crippen LogP contribution in [0.5, 0.6) is 0 Å². The van der Waals surface area contributed by atoms with Crippen LogP contribution in [0.4, 0.5) is 10.5 Å². The number of amides is 2. The van der Waals surface area contributed by atoms with Crippen molar-refractivity contribution in [1.82, 2.24) is 4.90 Å². The number of anilines is 1. The molecule has 5 heteroatoms. The van der Waals surface area contributed by atoms with Crippen molar-refractivity contribution in [2.45, 2.75) is 18.9 Å². The second kappa shape index (κ2) is 4.86. The molecule has 90 valence electrons. The summed E-state index contributed by atoms with van der Waals surface area (Å²) in [6.45, 7) is 0.370. The molecule has 0 aliphatic carbocycles. The third-order valence-corrected chi connectivity index (χ3v) is 2.83. The summed E-state index contributed by atoms with van der Waals surface area (Å²) in [5.74, 6) is -0.294. The van der Waals surface area contributed by atoms with Gasteiger partial charge >= 0.3 is 0 Å². The van der Waals surface area contributed by atoms with E-state index in [1.807, 2.05) is 6.07 Å². The summed E-state index contributed by atoms with van der Waals surface area (Å²) in [6.07, 6.45) is -0.0382. The zero-order valence-corrected chi connectivity index (χ0v) is 9.26. The van der Waals surface area contributed by atoms with E-state index in [9.17, 15) is 14.7 Å². The maximum atomic E-state index is 11.9. The molecular weight excluding hydrogens is 220 g/mol. The van der Waals surface area contributed by atoms with E-state index in [1.54, 1.807) is 24.3 Å². The lowest BCUT2D eigenvalue weighted by Crippen LogP contribution is -2.48. The average Bonchev–Trinajstić information content (AvgIpc) is 2.79. The van der Waals surface area contributed by atoms with Crippen LogP contribution in [-0.2, 0) is 4.79 Å². The topological polar surface area (TPSA) is 72.5 Å². The van der Waals surface area contributed by atoms with Gasteiger partial charge in [-0.1, -0.05) is 18.2 Å². The fraction of sp³-hybridized carbons (Fsp3) is 0.333. The predicted octanol–water partition coefficient (Wildman–Crippen LogP) is 0.433. The zero-order valence-electron chi connectivity index (χ0n) is 9.26. The van der Waals surface area contributed by atoms with E-state index in [2.05, 4.69) is 5.32 Å². The van der Waals surface area contributed by atoms with Crippen LogP contribution in [0.3, 0.4) is 0 Å². The number of carboxylic acid groups (broad SMARTS) is 1. The number of nitrogens with zero attached hydrogens (tertiary/aromatic N) is 1. The lowest BCUT2D eigenvalue weighted by molar-refractivity contribution is -0.266. The zero-order chi connectivity index (χ0) is 12.3. The molecule has 1 heterocycles. The first-order chi connectivity index (χ1) is 8.18. The van der Waals surface area contributed by atoms with E-state index in [-0.39, 0.29) is 5.91 Å². The molecular formula is C12H13N2O3-. The molecule has 2 amide bonds. The van der Waals surface area contributed by atoms with Crippen LogP contribution < -0.4 is 10.4 Å². The molecule has 0 spiro atoms. The number of likely N-dealkylation sites (tertiary alicyclic amines) is 1. The Morgan fingerprint density at radius 2 is 2.00 bits per heavy atom. The Hall–Kier alpha value is -2.04. The highest BCUT2D eigenvalue weighted by atomic mass is 16.4. The fourth-order valence-electron chi connectivity index (χ4n) is 2.00. The van der Waals surface area contributed by atoms with Gasteiger partial charge in [0.1, 0.15) is 12.1 Å². The summed E-state index contributed by atoms with van der Waals surface area (Å²) >= 11 is 0. The molecule has 0 radical (unpaired) electrons. The maximum Gasteiger partial charge on any atom is 0.247 e. The maximum absolute atomic E-state index is 11.9. The number of carbonyl (C=O) groups is 2. The van der Waals surface area contributed by atoms with E-state index >= 15 is 0 Å². The van der Waals surface area contributed by atoms with Crippen molar-refractivity contribution in [3.8, 4) is 0 Å². The van der Waals surface area contributed by atoms with E-state index < -0.39 is 12.1 Å². The van der Waals surface area contributed by atoms with E-state index in [0.717, 1.165) is 4.90 Å². The Balaban J connectivity index is 2.03. The van der Waals surface area contributed by atoms with E-state index in [4.69, 9.17) is 0 Å². The molecule has 1 fully saturated rings. The Labute approximate surface area is 99.0 Å². The molecule has 1 aliphatic rings. The van der Waals surface area contributed by atoms with Crippen LogP contribution in [-0.4, -0.2) is 29.5 Å². The highest BCUT2D eigenvalue weighted by Crippen LogP contribution is 2.18. The van der Waals surface area contributed by atoms with Gasteiger partial charge in [0, 0.05) is 12.2 Å². The number of para-hydroxylation sites is 1. The smallest absolute Gasteiger partial charge is 0.247 e. The summed E-state index contributed by atoms with van der Waals surface area (Å²) < 4.78 is 0. The molecule has 0 saturated carbocycles. The minimum absolute atomic E-state index is 0.294. The second-order valence-corrected chi connectivity index (χ2v) is 3.97. The largest absolute Gasteiger partial charge is 0.530 e. The summed E-state index contributed by atoms with van der Waals surface area (Å²) in [4.78, 5) is 23.8. The van der Waals surface area contributed by atoms with Crippen LogP contribution in [0.2, 0.25) is 0 Å². The molecule has 1 aromatic rings. The van der Waals surface area contributed by atoms with Crippen molar-refractivity contribution >= 4 is 17.7 Å². The molecule has 0 bridgehead atoms. The van der Waals surface area contributed by atoms with Crippen molar-refractivity contribution in [2.24, 2.45) is 0 Å². The van der Waals surface area contributed by atoms with Gasteiger partial charge in [-0.2, -0.15) is 0 Å². The van der Waals surface area contributed by atoms with Gasteiger partial charge in [0.05, 0.1) is 0 Å². The van der Waals surface area contributed by atoms with Crippen molar-refractivity contribution in [3.05, 3.63) is 30.3 Å². The van der Waals surface area contributed by atoms with Crippen LogP contribution in [0.1, 0.15) is 12.8 Å². The lowest BCUT2D eigenvalue weighted by atomic mass is 10.2. The Morgan fingerprint density at radius 1 is 1.29 bits per heavy atom. The highest BCUT2D eigenvalue weighted by Gasteiger charge is 2.30. The number of carbonyl (C=O) groups excluding carboxylic acids is 2. The van der Waals surface area contributed by atoms with Gasteiger partial charge in [-0.05, 0) is 25.0 Å². The molecule has 1 N–H and O–H groups in total. The van der Waals surface area contributed by atoms with Crippen LogP contribution >= 0.6 is 0 Å². The van der Waals surface area contributed by atoms with Crippen LogP contribution in [0.25, 0.3) is 0 Å². The standard InChI is InChI=1S/C12H14N2O3/c15-11(13-9-5-2-1-3-6-9)10-7-4-8-14(10)12(16)17/h1-3,5-6,10H,4,7-8H2,(H,13,15)(H,16,17)/p-1. The number of nitrogens with one attached hydrogen (secondary N) is 1. The molecule has 5 nitrogen and oxygen atoms in total. The average molecular weight is 233 g/mol. The van der Waals surface area contributed by atoms with Gasteiger partial charge in [0.2, 0.25) is 5.91 Å². The third kappa shape index (κ3) is 2.55. The first kappa shape index (κ1) is 11.4. The van der Waals surface area contributed by atoms with E-state index in [1.165, 1.54) is 0 Å². The van der Waals surface area contributed by atoms with Gasteiger partial charge in [-0.15, -0.1) is 0 Å². The molecule has 0 aromatic heterocycles. The van der Waals surface area contributed by atoms with Gasteiger partial charge in [0.25, 0.3) is 0 Å². The SMILES string of the molecule is O=C(Nc1ccccc1)C1CCCN1C(=O)[O-]. The summed E-state index contributed by atoms with van der Waals surface area (Å²) in [7, 11) is 0. The molecule has 1 atom stereocenters. The minimum Gasteiger partial charge on any atom is -0.530 e. The molecule has 17 heavy (non-hydrogen) atoms. The molecule has 1 aliphatic heterocycles. The predicted molar refractivity (Wildman–Crippen MR) is 60.2 cm³/mol. The summed E-state index contributed by atoms with van der Waals surface area (Å²) in [5.41, 5.74) is 0.669. The quantitative estimate of drug-likeness (QED) is 0.805. The third-order valence-electron chi connectivity index (χ3n) is 2.83.